The lowest BCUT2D eigenvalue weighted by atomic mass is 9.86. The number of carbonyl (C=O) groups excluding carboxylic acids is 1. The van der Waals surface area contributed by atoms with Crippen LogP contribution in [-0.4, -0.2) is 35.6 Å². The monoisotopic (exact) mass is 299 g/mol. The highest BCUT2D eigenvalue weighted by Gasteiger charge is 2.23. The van der Waals surface area contributed by atoms with Crippen LogP contribution in [0.2, 0.25) is 0 Å². The van der Waals surface area contributed by atoms with Crippen molar-refractivity contribution in [1.82, 2.24) is 4.90 Å². The number of rotatable bonds is 8. The van der Waals surface area contributed by atoms with Crippen LogP contribution in [0, 0.1) is 11.8 Å². The Kier molecular flexibility index (Phi) is 12.8. The second-order valence-electron chi connectivity index (χ2n) is 6.20. The number of hydrogen-bond acceptors (Lipinski definition) is 2. The maximum Gasteiger partial charge on any atom is 0.222 e. The summed E-state index contributed by atoms with van der Waals surface area (Å²) in [7, 11) is 0. The Hall–Kier alpha value is -0.570. The van der Waals surface area contributed by atoms with Gasteiger partial charge in [-0.3, -0.25) is 4.79 Å². The van der Waals surface area contributed by atoms with Gasteiger partial charge in [-0.2, -0.15) is 0 Å². The lowest BCUT2D eigenvalue weighted by Crippen LogP contribution is -2.39. The predicted octanol–water partition coefficient (Wildman–Crippen LogP) is 4.24. The summed E-state index contributed by atoms with van der Waals surface area (Å²) in [6, 6.07) is 0. The fourth-order valence-electron chi connectivity index (χ4n) is 2.89. The minimum absolute atomic E-state index is 0.295. The van der Waals surface area contributed by atoms with E-state index in [1.807, 2.05) is 13.8 Å². The van der Waals surface area contributed by atoms with Gasteiger partial charge in [-0.1, -0.05) is 47.0 Å². The minimum atomic E-state index is 0.295. The van der Waals surface area contributed by atoms with Crippen molar-refractivity contribution in [2.45, 2.75) is 79.1 Å². The SMILES string of the molecule is CC.CC(C)C1CCN(C(=O)CCCCCCCO)CC1. The summed E-state index contributed by atoms with van der Waals surface area (Å²) in [6.45, 7) is 10.8. The van der Waals surface area contributed by atoms with Crippen molar-refractivity contribution in [3.8, 4) is 0 Å². The van der Waals surface area contributed by atoms with Crippen LogP contribution in [0.15, 0.2) is 0 Å². The normalized spacial score (nSPS) is 15.8. The Labute approximate surface area is 132 Å². The Morgan fingerprint density at radius 1 is 1.05 bits per heavy atom. The zero-order valence-electron chi connectivity index (χ0n) is 14.7. The van der Waals surface area contributed by atoms with Crippen molar-refractivity contribution < 1.29 is 9.90 Å². The van der Waals surface area contributed by atoms with Crippen LogP contribution in [0.5, 0.6) is 0 Å². The third kappa shape index (κ3) is 9.13. The molecule has 1 heterocycles. The van der Waals surface area contributed by atoms with Gasteiger partial charge < -0.3 is 10.0 Å². The smallest absolute Gasteiger partial charge is 0.222 e. The Morgan fingerprint density at radius 2 is 1.57 bits per heavy atom. The van der Waals surface area contributed by atoms with Crippen molar-refractivity contribution in [3.63, 3.8) is 0 Å². The summed E-state index contributed by atoms with van der Waals surface area (Å²) in [6.07, 6.45) is 8.33. The van der Waals surface area contributed by atoms with E-state index in [9.17, 15) is 4.79 Å². The largest absolute Gasteiger partial charge is 0.396 e. The van der Waals surface area contributed by atoms with Gasteiger partial charge in [0, 0.05) is 26.1 Å². The lowest BCUT2D eigenvalue weighted by Gasteiger charge is -2.34. The summed E-state index contributed by atoms with van der Waals surface area (Å²) in [5.41, 5.74) is 0. The first-order valence-electron chi connectivity index (χ1n) is 9.03. The first-order valence-corrected chi connectivity index (χ1v) is 9.03. The van der Waals surface area contributed by atoms with Crippen LogP contribution >= 0.6 is 0 Å². The third-order valence-electron chi connectivity index (χ3n) is 4.38. The van der Waals surface area contributed by atoms with E-state index in [0.717, 1.165) is 57.0 Å². The fourth-order valence-corrected chi connectivity index (χ4v) is 2.89. The first-order chi connectivity index (χ1) is 10.1. The van der Waals surface area contributed by atoms with Gasteiger partial charge in [0.2, 0.25) is 5.91 Å². The number of hydrogen-bond donors (Lipinski definition) is 1. The molecule has 3 nitrogen and oxygen atoms in total. The summed E-state index contributed by atoms with van der Waals surface area (Å²) in [5, 5.41) is 8.68. The minimum Gasteiger partial charge on any atom is -0.396 e. The van der Waals surface area contributed by atoms with E-state index in [4.69, 9.17) is 5.11 Å². The zero-order valence-corrected chi connectivity index (χ0v) is 14.7. The molecule has 0 aromatic heterocycles. The number of carbonyl (C=O) groups is 1. The molecule has 0 saturated carbocycles. The summed E-state index contributed by atoms with van der Waals surface area (Å²) in [4.78, 5) is 14.1. The number of amides is 1. The molecule has 0 aromatic rings. The quantitative estimate of drug-likeness (QED) is 0.681. The fraction of sp³-hybridized carbons (Fsp3) is 0.944. The average molecular weight is 299 g/mol. The topological polar surface area (TPSA) is 40.5 Å². The predicted molar refractivity (Wildman–Crippen MR) is 90.3 cm³/mol. The molecule has 0 aromatic carbocycles. The standard InChI is InChI=1S/C16H31NO2.C2H6/c1-14(2)15-9-11-17(12-10-15)16(19)8-6-4-3-5-7-13-18;1-2/h14-15,18H,3-13H2,1-2H3;1-2H3. The van der Waals surface area contributed by atoms with E-state index in [1.54, 1.807) is 0 Å². The summed E-state index contributed by atoms with van der Waals surface area (Å²) < 4.78 is 0. The molecule has 21 heavy (non-hydrogen) atoms. The van der Waals surface area contributed by atoms with Gasteiger partial charge in [0.05, 0.1) is 0 Å². The van der Waals surface area contributed by atoms with Crippen LogP contribution in [0.3, 0.4) is 0 Å². The van der Waals surface area contributed by atoms with Crippen molar-refractivity contribution in [1.29, 1.82) is 0 Å². The maximum absolute atomic E-state index is 12.0. The van der Waals surface area contributed by atoms with E-state index < -0.39 is 0 Å². The number of aliphatic hydroxyl groups excluding tert-OH is 1. The van der Waals surface area contributed by atoms with Crippen LogP contribution in [-0.2, 0) is 4.79 Å². The van der Waals surface area contributed by atoms with Gasteiger partial charge >= 0.3 is 0 Å². The average Bonchev–Trinajstić information content (AvgIpc) is 2.52. The molecule has 1 rings (SSSR count). The second-order valence-corrected chi connectivity index (χ2v) is 6.20. The van der Waals surface area contributed by atoms with Gasteiger partial charge in [0.25, 0.3) is 0 Å². The Balaban J connectivity index is 0.00000191. The van der Waals surface area contributed by atoms with Crippen molar-refractivity contribution >= 4 is 5.91 Å². The summed E-state index contributed by atoms with van der Waals surface area (Å²) >= 11 is 0. The molecule has 1 N–H and O–H groups in total. The number of aliphatic hydroxyl groups is 1. The molecule has 1 saturated heterocycles. The Bertz CT molecular complexity index is 246. The van der Waals surface area contributed by atoms with E-state index in [2.05, 4.69) is 18.7 Å². The molecular formula is C18H37NO2. The first kappa shape index (κ1) is 20.4. The highest BCUT2D eigenvalue weighted by molar-refractivity contribution is 5.76. The van der Waals surface area contributed by atoms with E-state index in [1.165, 1.54) is 12.8 Å². The molecule has 0 bridgehead atoms. The Morgan fingerprint density at radius 3 is 2.10 bits per heavy atom. The highest BCUT2D eigenvalue weighted by Crippen LogP contribution is 2.24. The molecule has 0 spiro atoms. The van der Waals surface area contributed by atoms with Crippen molar-refractivity contribution in [2.75, 3.05) is 19.7 Å². The van der Waals surface area contributed by atoms with Crippen LogP contribution in [0.1, 0.15) is 79.1 Å². The molecular weight excluding hydrogens is 262 g/mol. The molecule has 0 radical (unpaired) electrons. The highest BCUT2D eigenvalue weighted by atomic mass is 16.2. The lowest BCUT2D eigenvalue weighted by molar-refractivity contribution is -0.132. The number of unbranched alkanes of at least 4 members (excludes halogenated alkanes) is 4. The molecule has 0 unspecified atom stereocenters. The molecule has 0 atom stereocenters. The second kappa shape index (κ2) is 13.1. The van der Waals surface area contributed by atoms with E-state index in [-0.39, 0.29) is 0 Å². The van der Waals surface area contributed by atoms with Gasteiger partial charge in [0.1, 0.15) is 0 Å². The van der Waals surface area contributed by atoms with Gasteiger partial charge in [-0.25, -0.2) is 0 Å². The van der Waals surface area contributed by atoms with E-state index in [0.29, 0.717) is 18.9 Å². The zero-order chi connectivity index (χ0) is 16.1. The van der Waals surface area contributed by atoms with Crippen LogP contribution in [0.4, 0.5) is 0 Å². The van der Waals surface area contributed by atoms with Gasteiger partial charge in [-0.05, 0) is 37.5 Å². The number of piperidine rings is 1. The summed E-state index contributed by atoms with van der Waals surface area (Å²) in [5.74, 6) is 1.91. The van der Waals surface area contributed by atoms with E-state index >= 15 is 0 Å². The number of likely N-dealkylation sites (tertiary alicyclic amines) is 1. The van der Waals surface area contributed by atoms with Crippen molar-refractivity contribution in [3.05, 3.63) is 0 Å². The van der Waals surface area contributed by atoms with Crippen molar-refractivity contribution in [2.24, 2.45) is 11.8 Å². The maximum atomic E-state index is 12.0. The van der Waals surface area contributed by atoms with Gasteiger partial charge in [-0.15, -0.1) is 0 Å². The molecule has 1 aliphatic rings. The van der Waals surface area contributed by atoms with Gasteiger partial charge in [0.15, 0.2) is 0 Å². The molecule has 1 fully saturated rings. The molecule has 126 valence electrons. The molecule has 0 aliphatic carbocycles. The molecule has 1 amide bonds. The number of nitrogens with zero attached hydrogens (tertiary/aromatic N) is 1. The molecule has 1 aliphatic heterocycles. The molecule has 3 heteroatoms. The van der Waals surface area contributed by atoms with Crippen LogP contribution in [0.25, 0.3) is 0 Å². The third-order valence-corrected chi connectivity index (χ3v) is 4.38. The van der Waals surface area contributed by atoms with Crippen LogP contribution < -0.4 is 0 Å².